The zero-order chi connectivity index (χ0) is 9.57. The molecule has 1 heterocycles. The SMILES string of the molecule is C=CCCCC1(C=O)SCCCS1. The standard InChI is InChI=1S/C10H16OS2/c1-2-3-4-6-10(9-11)12-7-5-8-13-10/h2,9H,1,3-8H2. The molecule has 0 saturated carbocycles. The van der Waals surface area contributed by atoms with Crippen LogP contribution >= 0.6 is 23.5 Å². The van der Waals surface area contributed by atoms with E-state index in [2.05, 4.69) is 6.58 Å². The molecule has 1 saturated heterocycles. The topological polar surface area (TPSA) is 17.1 Å². The average molecular weight is 216 g/mol. The Balaban J connectivity index is 2.37. The first-order chi connectivity index (χ1) is 6.33. The summed E-state index contributed by atoms with van der Waals surface area (Å²) in [5.74, 6) is 2.28. The van der Waals surface area contributed by atoms with Crippen molar-refractivity contribution in [3.05, 3.63) is 12.7 Å². The first-order valence-corrected chi connectivity index (χ1v) is 6.65. The lowest BCUT2D eigenvalue weighted by Crippen LogP contribution is -2.26. The van der Waals surface area contributed by atoms with Gasteiger partial charge in [0.25, 0.3) is 0 Å². The zero-order valence-corrected chi connectivity index (χ0v) is 9.46. The maximum atomic E-state index is 11.0. The minimum atomic E-state index is -0.124. The number of carbonyl (C=O) groups is 1. The van der Waals surface area contributed by atoms with Crippen molar-refractivity contribution in [1.82, 2.24) is 0 Å². The van der Waals surface area contributed by atoms with Crippen molar-refractivity contribution in [2.24, 2.45) is 0 Å². The summed E-state index contributed by atoms with van der Waals surface area (Å²) in [4.78, 5) is 11.0. The van der Waals surface area contributed by atoms with Crippen molar-refractivity contribution >= 4 is 29.8 Å². The van der Waals surface area contributed by atoms with E-state index in [1.807, 2.05) is 29.6 Å². The van der Waals surface area contributed by atoms with Crippen molar-refractivity contribution in [3.8, 4) is 0 Å². The summed E-state index contributed by atoms with van der Waals surface area (Å²) < 4.78 is -0.124. The molecule has 1 rings (SSSR count). The van der Waals surface area contributed by atoms with Gasteiger partial charge in [0, 0.05) is 0 Å². The van der Waals surface area contributed by atoms with Crippen LogP contribution in [0.25, 0.3) is 0 Å². The number of rotatable bonds is 5. The van der Waals surface area contributed by atoms with E-state index in [9.17, 15) is 4.79 Å². The lowest BCUT2D eigenvalue weighted by Gasteiger charge is -2.30. The van der Waals surface area contributed by atoms with Crippen molar-refractivity contribution in [3.63, 3.8) is 0 Å². The Kier molecular flexibility index (Phi) is 4.96. The number of thioether (sulfide) groups is 2. The largest absolute Gasteiger partial charge is 0.301 e. The van der Waals surface area contributed by atoms with E-state index in [1.165, 1.54) is 6.42 Å². The number of unbranched alkanes of at least 4 members (excludes halogenated alkanes) is 1. The summed E-state index contributed by atoms with van der Waals surface area (Å²) in [6.07, 6.45) is 7.42. The Morgan fingerprint density at radius 3 is 2.62 bits per heavy atom. The first-order valence-electron chi connectivity index (χ1n) is 4.68. The van der Waals surface area contributed by atoms with E-state index in [-0.39, 0.29) is 4.08 Å². The smallest absolute Gasteiger partial charge is 0.146 e. The van der Waals surface area contributed by atoms with Crippen LogP contribution in [-0.2, 0) is 4.79 Å². The van der Waals surface area contributed by atoms with Gasteiger partial charge in [-0.15, -0.1) is 30.1 Å². The fraction of sp³-hybridized carbons (Fsp3) is 0.700. The van der Waals surface area contributed by atoms with Crippen LogP contribution in [0.4, 0.5) is 0 Å². The highest BCUT2D eigenvalue weighted by Gasteiger charge is 2.32. The first kappa shape index (κ1) is 11.2. The molecule has 0 spiro atoms. The van der Waals surface area contributed by atoms with Gasteiger partial charge in [-0.2, -0.15) is 0 Å². The molecule has 0 aliphatic carbocycles. The average Bonchev–Trinajstić information content (AvgIpc) is 2.20. The van der Waals surface area contributed by atoms with Crippen LogP contribution in [0.3, 0.4) is 0 Å². The Morgan fingerprint density at radius 2 is 2.08 bits per heavy atom. The van der Waals surface area contributed by atoms with E-state index < -0.39 is 0 Å². The molecule has 0 aromatic heterocycles. The van der Waals surface area contributed by atoms with Gasteiger partial charge in [-0.3, -0.25) is 0 Å². The highest BCUT2D eigenvalue weighted by atomic mass is 32.2. The highest BCUT2D eigenvalue weighted by Crippen LogP contribution is 2.43. The molecule has 1 aliphatic heterocycles. The van der Waals surface area contributed by atoms with Gasteiger partial charge in [-0.25, -0.2) is 0 Å². The van der Waals surface area contributed by atoms with Crippen molar-refractivity contribution in [2.75, 3.05) is 11.5 Å². The zero-order valence-electron chi connectivity index (χ0n) is 7.83. The molecule has 1 fully saturated rings. The predicted molar refractivity (Wildman–Crippen MR) is 62.4 cm³/mol. The minimum Gasteiger partial charge on any atom is -0.301 e. The summed E-state index contributed by atoms with van der Waals surface area (Å²) in [6, 6.07) is 0. The van der Waals surface area contributed by atoms with E-state index in [0.717, 1.165) is 37.1 Å². The van der Waals surface area contributed by atoms with Crippen LogP contribution in [-0.4, -0.2) is 21.9 Å². The molecule has 74 valence electrons. The van der Waals surface area contributed by atoms with Gasteiger partial charge in [0.2, 0.25) is 0 Å². The van der Waals surface area contributed by atoms with Crippen LogP contribution in [0.5, 0.6) is 0 Å². The number of carbonyl (C=O) groups excluding carboxylic acids is 1. The summed E-state index contributed by atoms with van der Waals surface area (Å²) in [5, 5.41) is 0. The molecule has 13 heavy (non-hydrogen) atoms. The van der Waals surface area contributed by atoms with Gasteiger partial charge >= 0.3 is 0 Å². The third-order valence-corrected chi connectivity index (χ3v) is 5.37. The molecule has 0 atom stereocenters. The van der Waals surface area contributed by atoms with Crippen LogP contribution < -0.4 is 0 Å². The van der Waals surface area contributed by atoms with Gasteiger partial charge in [-0.05, 0) is 37.2 Å². The summed E-state index contributed by atoms with van der Waals surface area (Å²) in [6.45, 7) is 3.69. The molecule has 3 heteroatoms. The number of aldehydes is 1. The molecule has 0 N–H and O–H groups in total. The van der Waals surface area contributed by atoms with Gasteiger partial charge in [0.15, 0.2) is 0 Å². The highest BCUT2D eigenvalue weighted by molar-refractivity contribution is 8.19. The Bertz CT molecular complexity index is 174. The Morgan fingerprint density at radius 1 is 1.38 bits per heavy atom. The quantitative estimate of drug-likeness (QED) is 0.399. The molecule has 0 aromatic carbocycles. The van der Waals surface area contributed by atoms with E-state index in [0.29, 0.717) is 0 Å². The van der Waals surface area contributed by atoms with Gasteiger partial charge in [0.05, 0.1) is 0 Å². The molecule has 0 amide bonds. The Labute approximate surface area is 88.7 Å². The number of hydrogen-bond acceptors (Lipinski definition) is 3. The van der Waals surface area contributed by atoms with Crippen molar-refractivity contribution < 1.29 is 4.79 Å². The van der Waals surface area contributed by atoms with Gasteiger partial charge in [-0.1, -0.05) is 6.08 Å². The molecule has 0 bridgehead atoms. The molecule has 0 radical (unpaired) electrons. The van der Waals surface area contributed by atoms with E-state index >= 15 is 0 Å². The van der Waals surface area contributed by atoms with E-state index in [4.69, 9.17) is 0 Å². The predicted octanol–water partition coefficient (Wildman–Crippen LogP) is 3.11. The number of hydrogen-bond donors (Lipinski definition) is 0. The van der Waals surface area contributed by atoms with Crippen LogP contribution in [0.1, 0.15) is 25.7 Å². The normalized spacial score (nSPS) is 20.9. The van der Waals surface area contributed by atoms with Gasteiger partial charge < -0.3 is 4.79 Å². The maximum Gasteiger partial charge on any atom is 0.146 e. The van der Waals surface area contributed by atoms with Crippen molar-refractivity contribution in [1.29, 1.82) is 0 Å². The van der Waals surface area contributed by atoms with Crippen LogP contribution in [0.15, 0.2) is 12.7 Å². The summed E-state index contributed by atoms with van der Waals surface area (Å²) >= 11 is 3.64. The summed E-state index contributed by atoms with van der Waals surface area (Å²) in [5.41, 5.74) is 0. The van der Waals surface area contributed by atoms with Crippen LogP contribution in [0.2, 0.25) is 0 Å². The Hall–Kier alpha value is 0.110. The fourth-order valence-electron chi connectivity index (χ4n) is 1.35. The molecular formula is C10H16OS2. The monoisotopic (exact) mass is 216 g/mol. The van der Waals surface area contributed by atoms with Crippen molar-refractivity contribution in [2.45, 2.75) is 29.8 Å². The summed E-state index contributed by atoms with van der Waals surface area (Å²) in [7, 11) is 0. The van der Waals surface area contributed by atoms with Gasteiger partial charge in [0.1, 0.15) is 10.4 Å². The maximum absolute atomic E-state index is 11.0. The molecular weight excluding hydrogens is 200 g/mol. The second-order valence-corrected chi connectivity index (χ2v) is 6.27. The molecule has 1 nitrogen and oxygen atoms in total. The lowest BCUT2D eigenvalue weighted by atomic mass is 10.2. The molecule has 0 aromatic rings. The number of allylic oxidation sites excluding steroid dienone is 1. The third-order valence-electron chi connectivity index (χ3n) is 2.09. The lowest BCUT2D eigenvalue weighted by molar-refractivity contribution is -0.108. The minimum absolute atomic E-state index is 0.124. The second kappa shape index (κ2) is 5.76. The fourth-order valence-corrected chi connectivity index (χ4v) is 4.35. The van der Waals surface area contributed by atoms with Crippen LogP contribution in [0, 0.1) is 0 Å². The molecule has 1 aliphatic rings. The molecule has 0 unspecified atom stereocenters. The second-order valence-electron chi connectivity index (χ2n) is 3.16. The third kappa shape index (κ3) is 3.39. The van der Waals surface area contributed by atoms with E-state index in [1.54, 1.807) is 0 Å².